The van der Waals surface area contributed by atoms with Crippen LogP contribution in [-0.4, -0.2) is 41.7 Å². The average Bonchev–Trinajstić information content (AvgIpc) is 3.11. The molecule has 0 saturated carbocycles. The van der Waals surface area contributed by atoms with Gasteiger partial charge in [0, 0.05) is 41.6 Å². The number of aliphatic carboxylic acids is 2. The van der Waals surface area contributed by atoms with E-state index in [1.807, 2.05) is 98.8 Å². The van der Waals surface area contributed by atoms with Gasteiger partial charge in [-0.3, -0.25) is 9.98 Å². The minimum Gasteiger partial charge on any atom is -0.550 e. The molecule has 0 unspecified atom stereocenters. The van der Waals surface area contributed by atoms with Crippen molar-refractivity contribution in [1.29, 1.82) is 0 Å². The summed E-state index contributed by atoms with van der Waals surface area (Å²) >= 11 is 0. The van der Waals surface area contributed by atoms with Crippen molar-refractivity contribution in [3.05, 3.63) is 125 Å². The number of nitrogens with zero attached hydrogens (tertiary/aromatic N) is 2. The first-order chi connectivity index (χ1) is 24.0. The normalized spacial score (nSPS) is 10.4. The zero-order valence-electron chi connectivity index (χ0n) is 29.0. The number of hydrogen-bond donors (Lipinski definition) is 2. The van der Waals surface area contributed by atoms with Gasteiger partial charge in [-0.15, -0.1) is 0 Å². The molecule has 0 bridgehead atoms. The number of methoxy groups -OCH3 is 1. The maximum atomic E-state index is 11.0. The van der Waals surface area contributed by atoms with Crippen molar-refractivity contribution >= 4 is 35.7 Å². The van der Waals surface area contributed by atoms with E-state index in [-0.39, 0.29) is 28.3 Å². The van der Waals surface area contributed by atoms with Gasteiger partial charge in [-0.1, -0.05) is 74.5 Å². The number of carbonyl (C=O) groups is 2. The van der Waals surface area contributed by atoms with Crippen LogP contribution in [0.2, 0.25) is 0 Å². The minimum atomic E-state index is -1.08. The van der Waals surface area contributed by atoms with Gasteiger partial charge in [-0.2, -0.15) is 0 Å². The van der Waals surface area contributed by atoms with E-state index in [4.69, 9.17) is 34.5 Å². The zero-order chi connectivity index (χ0) is 36.6. The van der Waals surface area contributed by atoms with Crippen LogP contribution in [-0.2, 0) is 39.2 Å². The predicted octanol–water partition coefficient (Wildman–Crippen LogP) is 6.58. The molecule has 5 aromatic rings. The number of phenols is 2. The smallest absolute Gasteiger partial charge is 0.550 e. The molecular weight excluding hydrogens is 691 g/mol. The van der Waals surface area contributed by atoms with Crippen LogP contribution < -0.4 is 14.9 Å². The van der Waals surface area contributed by atoms with Crippen molar-refractivity contribution in [2.75, 3.05) is 7.11 Å². The maximum Gasteiger partial charge on any atom is 2.00 e. The first-order valence-corrected chi connectivity index (χ1v) is 15.9. The first-order valence-electron chi connectivity index (χ1n) is 15.9. The fourth-order valence-electron chi connectivity index (χ4n) is 4.89. The third-order valence-corrected chi connectivity index (χ3v) is 7.28. The second kappa shape index (κ2) is 20.7. The van der Waals surface area contributed by atoms with E-state index in [0.29, 0.717) is 41.1 Å². The summed E-state index contributed by atoms with van der Waals surface area (Å²) in [5.74, 6) is -1.10. The molecule has 2 N–H and O–H groups in total. The SMILES string of the molecule is CC(=O)[O-].CC(=O)[O-].CCc1cc(-c2ccccc2)cc(C=Nc2ccc(OC)cc2N=Cc2cc(-c3ccccc3)cc(CC)c2O)c1O.[Co+2]. The molecule has 0 aromatic heterocycles. The third kappa shape index (κ3) is 12.6. The van der Waals surface area contributed by atoms with E-state index >= 15 is 0 Å². The van der Waals surface area contributed by atoms with E-state index < -0.39 is 11.9 Å². The molecule has 5 aromatic carbocycles. The number of aryl methyl sites for hydroxylation is 2. The van der Waals surface area contributed by atoms with Crippen molar-refractivity contribution < 1.29 is 51.5 Å². The van der Waals surface area contributed by atoms with Gasteiger partial charge in [-0.05, 0) is 96.5 Å². The van der Waals surface area contributed by atoms with Gasteiger partial charge in [-0.25, -0.2) is 0 Å². The Morgan fingerprint density at radius 1 is 0.627 bits per heavy atom. The number of ether oxygens (including phenoxy) is 1. The van der Waals surface area contributed by atoms with E-state index in [1.54, 1.807) is 25.6 Å². The number of carbonyl (C=O) groups excluding carboxylic acids is 2. The molecule has 0 aliphatic rings. The van der Waals surface area contributed by atoms with Crippen LogP contribution in [0, 0.1) is 0 Å². The molecule has 0 atom stereocenters. The van der Waals surface area contributed by atoms with Crippen LogP contribution in [0.25, 0.3) is 22.3 Å². The third-order valence-electron chi connectivity index (χ3n) is 7.28. The molecular formula is C41H40CoN2O7. The summed E-state index contributed by atoms with van der Waals surface area (Å²) in [6.45, 7) is 5.99. The number of aromatic hydroxyl groups is 2. The second-order valence-electron chi connectivity index (χ2n) is 10.9. The van der Waals surface area contributed by atoms with Gasteiger partial charge < -0.3 is 34.8 Å². The molecule has 0 saturated heterocycles. The van der Waals surface area contributed by atoms with E-state index in [2.05, 4.69) is 12.1 Å². The molecule has 51 heavy (non-hydrogen) atoms. The first kappa shape index (κ1) is 41.5. The number of phenolic OH excluding ortho intramolecular Hbond substituents is 2. The molecule has 0 heterocycles. The van der Waals surface area contributed by atoms with Crippen LogP contribution in [0.5, 0.6) is 17.2 Å². The minimum absolute atomic E-state index is 0. The standard InChI is InChI=1S/C37H34N2O3.2C2H4O2.Co/c1-4-25-18-29(27-12-8-6-9-13-27)20-31(36(25)40)23-38-34-17-16-33(42-3)22-35(34)39-24-32-21-30(19-26(5-2)37(32)41)28-14-10-7-11-15-28;2*1-2(3)4;/h6-24,40-41H,4-5H2,1-3H3;2*1H3,(H,3,4);/q;;;+2/p-2. The van der Waals surface area contributed by atoms with Crippen LogP contribution in [0.1, 0.15) is 49.9 Å². The number of hydrogen-bond acceptors (Lipinski definition) is 9. The van der Waals surface area contributed by atoms with Gasteiger partial charge in [0.15, 0.2) is 0 Å². The van der Waals surface area contributed by atoms with Crippen LogP contribution >= 0.6 is 0 Å². The molecule has 0 spiro atoms. The van der Waals surface area contributed by atoms with Crippen LogP contribution in [0.4, 0.5) is 11.4 Å². The predicted molar refractivity (Wildman–Crippen MR) is 195 cm³/mol. The van der Waals surface area contributed by atoms with Gasteiger partial charge in [0.1, 0.15) is 17.2 Å². The fraction of sp³-hybridized carbons (Fsp3) is 0.171. The number of carboxylic acid groups (broad SMARTS) is 2. The van der Waals surface area contributed by atoms with Gasteiger partial charge in [0.25, 0.3) is 0 Å². The summed E-state index contributed by atoms with van der Waals surface area (Å²) in [5, 5.41) is 39.7. The van der Waals surface area contributed by atoms with Crippen molar-refractivity contribution in [2.24, 2.45) is 9.98 Å². The number of rotatable bonds is 9. The molecule has 10 heteroatoms. The Kier molecular flexibility index (Phi) is 16.8. The summed E-state index contributed by atoms with van der Waals surface area (Å²) in [4.78, 5) is 27.3. The Morgan fingerprint density at radius 2 is 1.02 bits per heavy atom. The van der Waals surface area contributed by atoms with Crippen molar-refractivity contribution in [3.8, 4) is 39.5 Å². The Bertz CT molecular complexity index is 1940. The van der Waals surface area contributed by atoms with Gasteiger partial charge in [0.05, 0.1) is 18.5 Å². The number of carboxylic acids is 2. The van der Waals surface area contributed by atoms with Gasteiger partial charge >= 0.3 is 16.8 Å². The molecule has 9 nitrogen and oxygen atoms in total. The van der Waals surface area contributed by atoms with Crippen molar-refractivity contribution in [3.63, 3.8) is 0 Å². The summed E-state index contributed by atoms with van der Waals surface area (Å²) in [5.41, 5.74) is 8.28. The largest absolute Gasteiger partial charge is 2.00 e. The maximum absolute atomic E-state index is 11.0. The van der Waals surface area contributed by atoms with E-state index in [9.17, 15) is 10.2 Å². The Morgan fingerprint density at radius 3 is 1.39 bits per heavy atom. The monoisotopic (exact) mass is 731 g/mol. The molecule has 1 radical (unpaired) electrons. The number of benzene rings is 5. The summed E-state index contributed by atoms with van der Waals surface area (Å²) in [7, 11) is 1.61. The Hall–Kier alpha value is -5.71. The summed E-state index contributed by atoms with van der Waals surface area (Å²) in [6.07, 6.45) is 4.71. The van der Waals surface area contributed by atoms with Gasteiger partial charge in [0.2, 0.25) is 0 Å². The summed E-state index contributed by atoms with van der Waals surface area (Å²) in [6, 6.07) is 33.6. The van der Waals surface area contributed by atoms with Crippen molar-refractivity contribution in [1.82, 2.24) is 0 Å². The van der Waals surface area contributed by atoms with Crippen LogP contribution in [0.3, 0.4) is 0 Å². The van der Waals surface area contributed by atoms with E-state index in [0.717, 1.165) is 47.2 Å². The molecule has 265 valence electrons. The molecule has 0 aliphatic heterocycles. The Balaban J connectivity index is 0.000000908. The fourth-order valence-corrected chi connectivity index (χ4v) is 4.89. The molecule has 0 amide bonds. The average molecular weight is 732 g/mol. The molecule has 5 rings (SSSR count). The second-order valence-corrected chi connectivity index (χ2v) is 10.9. The zero-order valence-corrected chi connectivity index (χ0v) is 30.1. The quantitative estimate of drug-likeness (QED) is 0.163. The Labute approximate surface area is 308 Å². The topological polar surface area (TPSA) is 155 Å². The summed E-state index contributed by atoms with van der Waals surface area (Å²) < 4.78 is 5.46. The number of aliphatic imine (C=N–C) groups is 2. The molecule has 0 aliphatic carbocycles. The van der Waals surface area contributed by atoms with Crippen molar-refractivity contribution in [2.45, 2.75) is 40.5 Å². The van der Waals surface area contributed by atoms with E-state index in [1.165, 1.54) is 0 Å². The van der Waals surface area contributed by atoms with Crippen LogP contribution in [0.15, 0.2) is 113 Å². The molecule has 0 fully saturated rings.